The van der Waals surface area contributed by atoms with Crippen LogP contribution in [-0.4, -0.2) is 47.6 Å². The van der Waals surface area contributed by atoms with E-state index in [-0.39, 0.29) is 12.1 Å². The Labute approximate surface area is 174 Å². The Balaban J connectivity index is 1.71. The predicted octanol–water partition coefficient (Wildman–Crippen LogP) is 4.31. The predicted molar refractivity (Wildman–Crippen MR) is 117 cm³/mol. The second kappa shape index (κ2) is 9.88. The number of carbonyl (C=O) groups excluding carboxylic acids is 1. The zero-order valence-corrected chi connectivity index (χ0v) is 18.1. The zero-order valence-electron chi connectivity index (χ0n) is 18.1. The maximum Gasteiger partial charge on any atom is 0.342 e. The van der Waals surface area contributed by atoms with Gasteiger partial charge in [-0.2, -0.15) is 0 Å². The van der Waals surface area contributed by atoms with Crippen LogP contribution in [0.5, 0.6) is 0 Å². The second-order valence-corrected chi connectivity index (χ2v) is 7.95. The molecule has 0 saturated carbocycles. The molecule has 2 aromatic rings. The first-order chi connectivity index (χ1) is 14.0. The van der Waals surface area contributed by atoms with E-state index in [1.54, 1.807) is 12.3 Å². The van der Waals surface area contributed by atoms with Gasteiger partial charge in [0.05, 0.1) is 6.10 Å². The van der Waals surface area contributed by atoms with E-state index in [0.29, 0.717) is 11.6 Å². The van der Waals surface area contributed by atoms with Gasteiger partial charge < -0.3 is 9.64 Å². The minimum absolute atomic E-state index is 0.142. The van der Waals surface area contributed by atoms with E-state index in [1.807, 2.05) is 19.9 Å². The molecule has 0 aliphatic carbocycles. The fourth-order valence-electron chi connectivity index (χ4n) is 4.00. The minimum atomic E-state index is -0.296. The Kier molecular flexibility index (Phi) is 7.26. The lowest BCUT2D eigenvalue weighted by molar-refractivity contribution is 0.0378. The number of aryl methyl sites for hydroxylation is 1. The number of rotatable bonds is 8. The average molecular weight is 396 g/mol. The van der Waals surface area contributed by atoms with Crippen molar-refractivity contribution >= 4 is 11.8 Å². The fourth-order valence-corrected chi connectivity index (χ4v) is 4.00. The van der Waals surface area contributed by atoms with Gasteiger partial charge in [0, 0.05) is 31.9 Å². The van der Waals surface area contributed by atoms with Gasteiger partial charge in [-0.15, -0.1) is 0 Å². The number of pyridine rings is 1. The van der Waals surface area contributed by atoms with Crippen LogP contribution in [0.2, 0.25) is 0 Å². The van der Waals surface area contributed by atoms with E-state index in [1.165, 1.54) is 11.1 Å². The van der Waals surface area contributed by atoms with Gasteiger partial charge in [-0.3, -0.25) is 4.90 Å². The van der Waals surface area contributed by atoms with Gasteiger partial charge in [0.1, 0.15) is 11.4 Å². The van der Waals surface area contributed by atoms with Gasteiger partial charge in [0.25, 0.3) is 0 Å². The first-order valence-electron chi connectivity index (χ1n) is 10.7. The number of esters is 1. The molecule has 2 heterocycles. The Bertz CT molecular complexity index is 821. The highest BCUT2D eigenvalue weighted by atomic mass is 16.5. The van der Waals surface area contributed by atoms with E-state index in [9.17, 15) is 4.79 Å². The van der Waals surface area contributed by atoms with Crippen molar-refractivity contribution in [2.24, 2.45) is 0 Å². The molecule has 1 unspecified atom stereocenters. The van der Waals surface area contributed by atoms with Crippen molar-refractivity contribution < 1.29 is 9.53 Å². The molecular weight excluding hydrogens is 362 g/mol. The van der Waals surface area contributed by atoms with E-state index in [4.69, 9.17) is 4.74 Å². The summed E-state index contributed by atoms with van der Waals surface area (Å²) in [6, 6.07) is 12.9. The van der Waals surface area contributed by atoms with Crippen molar-refractivity contribution in [3.8, 4) is 0 Å². The van der Waals surface area contributed by atoms with Gasteiger partial charge in [-0.1, -0.05) is 38.1 Å². The first-order valence-corrected chi connectivity index (χ1v) is 10.7. The topological polar surface area (TPSA) is 45.7 Å². The molecule has 1 aliphatic rings. The SMILES string of the molecule is CCc1cccc(CN(CC)C2CCN(c3ncccc3C(=O)OC(C)C)C2)c1. The summed E-state index contributed by atoms with van der Waals surface area (Å²) in [5.74, 6) is 0.444. The molecule has 0 amide bonds. The molecule has 3 rings (SSSR count). The summed E-state index contributed by atoms with van der Waals surface area (Å²) in [5.41, 5.74) is 3.30. The molecular formula is C24H33N3O2. The van der Waals surface area contributed by atoms with Gasteiger partial charge >= 0.3 is 5.97 Å². The Morgan fingerprint density at radius 2 is 2.03 bits per heavy atom. The number of ether oxygens (including phenoxy) is 1. The molecule has 0 N–H and O–H groups in total. The number of aromatic nitrogens is 1. The zero-order chi connectivity index (χ0) is 20.8. The maximum absolute atomic E-state index is 12.5. The van der Waals surface area contributed by atoms with Crippen LogP contribution >= 0.6 is 0 Å². The molecule has 1 saturated heterocycles. The third-order valence-corrected chi connectivity index (χ3v) is 5.52. The summed E-state index contributed by atoms with van der Waals surface area (Å²) in [6.45, 7) is 11.9. The normalized spacial score (nSPS) is 16.6. The van der Waals surface area contributed by atoms with Crippen molar-refractivity contribution in [3.63, 3.8) is 0 Å². The summed E-state index contributed by atoms with van der Waals surface area (Å²) in [5, 5.41) is 0. The summed E-state index contributed by atoms with van der Waals surface area (Å²) >= 11 is 0. The van der Waals surface area contributed by atoms with E-state index < -0.39 is 0 Å². The number of likely N-dealkylation sites (N-methyl/N-ethyl adjacent to an activating group) is 1. The molecule has 1 fully saturated rings. The largest absolute Gasteiger partial charge is 0.459 e. The van der Waals surface area contributed by atoms with Crippen molar-refractivity contribution in [1.29, 1.82) is 0 Å². The third-order valence-electron chi connectivity index (χ3n) is 5.52. The lowest BCUT2D eigenvalue weighted by atomic mass is 10.1. The van der Waals surface area contributed by atoms with Crippen LogP contribution in [-0.2, 0) is 17.7 Å². The number of carbonyl (C=O) groups is 1. The van der Waals surface area contributed by atoms with E-state index in [0.717, 1.165) is 44.8 Å². The molecule has 1 aromatic heterocycles. The van der Waals surface area contributed by atoms with Crippen LogP contribution < -0.4 is 4.90 Å². The monoisotopic (exact) mass is 395 g/mol. The maximum atomic E-state index is 12.5. The molecule has 156 valence electrons. The van der Waals surface area contributed by atoms with E-state index in [2.05, 4.69) is 52.9 Å². The van der Waals surface area contributed by atoms with Crippen LogP contribution in [0.25, 0.3) is 0 Å². The van der Waals surface area contributed by atoms with Crippen LogP contribution in [0.4, 0.5) is 5.82 Å². The van der Waals surface area contributed by atoms with Crippen molar-refractivity contribution in [3.05, 3.63) is 59.3 Å². The van der Waals surface area contributed by atoms with Gasteiger partial charge in [-0.05, 0) is 56.5 Å². The molecule has 0 radical (unpaired) electrons. The number of anilines is 1. The van der Waals surface area contributed by atoms with Crippen molar-refractivity contribution in [2.45, 2.75) is 59.2 Å². The number of hydrogen-bond donors (Lipinski definition) is 0. The molecule has 1 atom stereocenters. The molecule has 5 nitrogen and oxygen atoms in total. The smallest absolute Gasteiger partial charge is 0.342 e. The first kappa shape index (κ1) is 21.3. The van der Waals surface area contributed by atoms with E-state index >= 15 is 0 Å². The summed E-state index contributed by atoms with van der Waals surface area (Å²) < 4.78 is 5.42. The second-order valence-electron chi connectivity index (χ2n) is 7.95. The molecule has 29 heavy (non-hydrogen) atoms. The highest BCUT2D eigenvalue weighted by Crippen LogP contribution is 2.26. The van der Waals surface area contributed by atoms with Crippen LogP contribution in [0, 0.1) is 0 Å². The lowest BCUT2D eigenvalue weighted by Crippen LogP contribution is -2.37. The highest BCUT2D eigenvalue weighted by molar-refractivity contribution is 5.94. The quantitative estimate of drug-likeness (QED) is 0.623. The molecule has 1 aromatic carbocycles. The average Bonchev–Trinajstić information content (AvgIpc) is 3.21. The van der Waals surface area contributed by atoms with Crippen LogP contribution in [0.15, 0.2) is 42.6 Å². The molecule has 0 bridgehead atoms. The summed E-state index contributed by atoms with van der Waals surface area (Å²) in [7, 11) is 0. The van der Waals surface area contributed by atoms with Gasteiger partial charge in [-0.25, -0.2) is 9.78 Å². The highest BCUT2D eigenvalue weighted by Gasteiger charge is 2.30. The molecule has 0 spiro atoms. The summed E-state index contributed by atoms with van der Waals surface area (Å²) in [4.78, 5) is 21.8. The summed E-state index contributed by atoms with van der Waals surface area (Å²) in [6.07, 6.45) is 3.74. The van der Waals surface area contributed by atoms with Gasteiger partial charge in [0.15, 0.2) is 0 Å². The van der Waals surface area contributed by atoms with Crippen molar-refractivity contribution in [2.75, 3.05) is 24.5 Å². The standard InChI is InChI=1S/C24H33N3O2/c1-5-19-9-7-10-20(15-19)16-26(6-2)21-12-14-27(17-21)23-22(11-8-13-25-23)24(28)29-18(3)4/h7-11,13,15,18,21H,5-6,12,14,16-17H2,1-4H3. The Morgan fingerprint density at radius 1 is 1.24 bits per heavy atom. The van der Waals surface area contributed by atoms with Gasteiger partial charge in [0.2, 0.25) is 0 Å². The minimum Gasteiger partial charge on any atom is -0.459 e. The number of nitrogens with zero attached hydrogens (tertiary/aromatic N) is 3. The molecule has 1 aliphatic heterocycles. The number of hydrogen-bond acceptors (Lipinski definition) is 5. The Morgan fingerprint density at radius 3 is 2.76 bits per heavy atom. The third kappa shape index (κ3) is 5.36. The van der Waals surface area contributed by atoms with Crippen LogP contribution in [0.1, 0.15) is 55.6 Å². The van der Waals surface area contributed by atoms with Crippen molar-refractivity contribution in [1.82, 2.24) is 9.88 Å². The number of benzene rings is 1. The Hall–Kier alpha value is -2.40. The fraction of sp³-hybridized carbons (Fsp3) is 0.500. The van der Waals surface area contributed by atoms with Crippen LogP contribution in [0.3, 0.4) is 0 Å². The lowest BCUT2D eigenvalue weighted by Gasteiger charge is -2.28. The molecule has 5 heteroatoms.